The monoisotopic (exact) mass is 306 g/mol. The molecule has 6 heteroatoms. The molecule has 0 bridgehead atoms. The van der Waals surface area contributed by atoms with Crippen LogP contribution in [0.15, 0.2) is 23.6 Å². The minimum absolute atomic E-state index is 0.0176. The number of carbonyl (C=O) groups is 1. The van der Waals surface area contributed by atoms with Crippen molar-refractivity contribution in [2.24, 2.45) is 0 Å². The molecule has 112 valence electrons. The Labute approximate surface area is 128 Å². The lowest BCUT2D eigenvalue weighted by Crippen LogP contribution is -2.27. The largest absolute Gasteiger partial charge is 0.497 e. The highest BCUT2D eigenvalue weighted by Crippen LogP contribution is 2.35. The molecule has 0 fully saturated rings. The second-order valence-corrected chi connectivity index (χ2v) is 5.18. The predicted molar refractivity (Wildman–Crippen MR) is 84.4 cm³/mol. The number of aromatic nitrogens is 1. The Morgan fingerprint density at radius 2 is 2.10 bits per heavy atom. The molecule has 0 N–H and O–H groups in total. The fraction of sp³-hybridized carbons (Fsp3) is 0.333. The molecule has 5 nitrogen and oxygen atoms in total. The van der Waals surface area contributed by atoms with Crippen molar-refractivity contribution in [2.45, 2.75) is 13.8 Å². The topological polar surface area (TPSA) is 51.7 Å². The molecule has 0 radical (unpaired) electrons. The van der Waals surface area contributed by atoms with Gasteiger partial charge in [-0.25, -0.2) is 4.98 Å². The summed E-state index contributed by atoms with van der Waals surface area (Å²) in [5.41, 5.74) is 1.62. The van der Waals surface area contributed by atoms with Gasteiger partial charge in [0.2, 0.25) is 5.91 Å². The highest BCUT2D eigenvalue weighted by molar-refractivity contribution is 7.14. The van der Waals surface area contributed by atoms with Crippen LogP contribution in [0.3, 0.4) is 0 Å². The molecule has 1 aromatic carbocycles. The highest BCUT2D eigenvalue weighted by Gasteiger charge is 2.16. The molecular weight excluding hydrogens is 288 g/mol. The highest BCUT2D eigenvalue weighted by atomic mass is 32.1. The molecule has 0 saturated carbocycles. The Morgan fingerprint density at radius 1 is 1.33 bits per heavy atom. The molecule has 0 atom stereocenters. The molecule has 2 rings (SSSR count). The van der Waals surface area contributed by atoms with Gasteiger partial charge < -0.3 is 9.47 Å². The Balaban J connectivity index is 2.43. The molecule has 1 heterocycles. The summed E-state index contributed by atoms with van der Waals surface area (Å²) >= 11 is 1.44. The second kappa shape index (κ2) is 6.58. The molecule has 0 saturated heterocycles. The zero-order valence-corrected chi connectivity index (χ0v) is 13.4. The summed E-state index contributed by atoms with van der Waals surface area (Å²) < 4.78 is 10.6. The van der Waals surface area contributed by atoms with E-state index in [9.17, 15) is 4.79 Å². The number of hydrogen-bond acceptors (Lipinski definition) is 5. The van der Waals surface area contributed by atoms with Gasteiger partial charge in [-0.05, 0) is 25.1 Å². The lowest BCUT2D eigenvalue weighted by atomic mass is 10.1. The third-order valence-corrected chi connectivity index (χ3v) is 3.97. The minimum atomic E-state index is -0.0176. The van der Waals surface area contributed by atoms with Crippen molar-refractivity contribution in [2.75, 3.05) is 25.7 Å². The molecule has 0 unspecified atom stereocenters. The Hall–Kier alpha value is -2.08. The molecule has 0 spiro atoms. The zero-order valence-electron chi connectivity index (χ0n) is 12.5. The maximum atomic E-state index is 11.6. The number of nitrogens with zero attached hydrogens (tertiary/aromatic N) is 2. The second-order valence-electron chi connectivity index (χ2n) is 4.34. The average molecular weight is 306 g/mol. The van der Waals surface area contributed by atoms with Gasteiger partial charge in [-0.2, -0.15) is 0 Å². The summed E-state index contributed by atoms with van der Waals surface area (Å²) in [4.78, 5) is 17.8. The van der Waals surface area contributed by atoms with Crippen molar-refractivity contribution >= 4 is 22.4 Å². The van der Waals surface area contributed by atoms with Crippen LogP contribution >= 0.6 is 11.3 Å². The lowest BCUT2D eigenvalue weighted by Gasteiger charge is -2.14. The van der Waals surface area contributed by atoms with Gasteiger partial charge in [0.15, 0.2) is 5.13 Å². The fourth-order valence-electron chi connectivity index (χ4n) is 2.02. The third kappa shape index (κ3) is 3.16. The molecule has 0 aliphatic rings. The van der Waals surface area contributed by atoms with Crippen LogP contribution in [0, 0.1) is 0 Å². The first-order valence-electron chi connectivity index (χ1n) is 6.56. The van der Waals surface area contributed by atoms with Crippen LogP contribution in [0.2, 0.25) is 0 Å². The van der Waals surface area contributed by atoms with Gasteiger partial charge in [-0.3, -0.25) is 9.69 Å². The standard InChI is InChI=1S/C15H18N2O3S/c1-5-17(10(2)18)15-16-13(9-21-15)12-8-11(19-3)6-7-14(12)20-4/h6-9H,5H2,1-4H3. The molecule has 0 aliphatic carbocycles. The number of amides is 1. The molecule has 0 aliphatic heterocycles. The van der Waals surface area contributed by atoms with Crippen molar-refractivity contribution in [3.8, 4) is 22.8 Å². The van der Waals surface area contributed by atoms with Crippen LogP contribution in [-0.4, -0.2) is 31.7 Å². The van der Waals surface area contributed by atoms with E-state index in [2.05, 4.69) is 4.98 Å². The smallest absolute Gasteiger partial charge is 0.225 e. The average Bonchev–Trinajstić information content (AvgIpc) is 2.96. The van der Waals surface area contributed by atoms with Crippen molar-refractivity contribution in [1.82, 2.24) is 4.98 Å². The van der Waals surface area contributed by atoms with Crippen molar-refractivity contribution < 1.29 is 14.3 Å². The number of rotatable bonds is 5. The maximum absolute atomic E-state index is 11.6. The predicted octanol–water partition coefficient (Wildman–Crippen LogP) is 3.20. The van der Waals surface area contributed by atoms with Crippen LogP contribution in [0.5, 0.6) is 11.5 Å². The van der Waals surface area contributed by atoms with E-state index >= 15 is 0 Å². The number of anilines is 1. The summed E-state index contributed by atoms with van der Waals surface area (Å²) in [6, 6.07) is 5.56. The first kappa shape index (κ1) is 15.3. The van der Waals surface area contributed by atoms with E-state index in [1.807, 2.05) is 30.5 Å². The number of benzene rings is 1. The van der Waals surface area contributed by atoms with E-state index in [4.69, 9.17) is 9.47 Å². The van der Waals surface area contributed by atoms with Crippen LogP contribution in [0.1, 0.15) is 13.8 Å². The Kier molecular flexibility index (Phi) is 4.80. The first-order valence-corrected chi connectivity index (χ1v) is 7.44. The quantitative estimate of drug-likeness (QED) is 0.851. The van der Waals surface area contributed by atoms with Gasteiger partial charge in [-0.15, -0.1) is 11.3 Å². The normalized spacial score (nSPS) is 10.3. The van der Waals surface area contributed by atoms with Gasteiger partial charge in [0, 0.05) is 24.4 Å². The maximum Gasteiger partial charge on any atom is 0.225 e. The van der Waals surface area contributed by atoms with Gasteiger partial charge in [0.05, 0.1) is 19.9 Å². The summed E-state index contributed by atoms with van der Waals surface area (Å²) in [7, 11) is 3.24. The minimum Gasteiger partial charge on any atom is -0.497 e. The van der Waals surface area contributed by atoms with Crippen LogP contribution < -0.4 is 14.4 Å². The number of ether oxygens (including phenoxy) is 2. The van der Waals surface area contributed by atoms with E-state index in [0.717, 1.165) is 22.8 Å². The van der Waals surface area contributed by atoms with Crippen molar-refractivity contribution in [3.63, 3.8) is 0 Å². The third-order valence-electron chi connectivity index (χ3n) is 3.10. The number of carbonyl (C=O) groups excluding carboxylic acids is 1. The van der Waals surface area contributed by atoms with Gasteiger partial charge in [0.1, 0.15) is 11.5 Å². The summed E-state index contributed by atoms with van der Waals surface area (Å²) in [6.07, 6.45) is 0. The molecular formula is C15H18N2O3S. The first-order chi connectivity index (χ1) is 10.1. The van der Waals surface area contributed by atoms with Crippen LogP contribution in [-0.2, 0) is 4.79 Å². The summed E-state index contributed by atoms with van der Waals surface area (Å²) in [5, 5.41) is 2.60. The molecule has 21 heavy (non-hydrogen) atoms. The van der Waals surface area contributed by atoms with E-state index in [-0.39, 0.29) is 5.91 Å². The number of thiazole rings is 1. The number of hydrogen-bond donors (Lipinski definition) is 0. The zero-order chi connectivity index (χ0) is 15.4. The SMILES string of the molecule is CCN(C(C)=O)c1nc(-c2cc(OC)ccc2OC)cs1. The number of methoxy groups -OCH3 is 2. The Morgan fingerprint density at radius 3 is 2.67 bits per heavy atom. The molecule has 1 amide bonds. The summed E-state index contributed by atoms with van der Waals surface area (Å²) in [5.74, 6) is 1.44. The van der Waals surface area contributed by atoms with Gasteiger partial charge in [0.25, 0.3) is 0 Å². The van der Waals surface area contributed by atoms with Crippen LogP contribution in [0.25, 0.3) is 11.3 Å². The van der Waals surface area contributed by atoms with Crippen molar-refractivity contribution in [1.29, 1.82) is 0 Å². The van der Waals surface area contributed by atoms with E-state index in [1.54, 1.807) is 19.1 Å². The fourth-order valence-corrected chi connectivity index (χ4v) is 2.95. The van der Waals surface area contributed by atoms with Crippen molar-refractivity contribution in [3.05, 3.63) is 23.6 Å². The van der Waals surface area contributed by atoms with E-state index in [1.165, 1.54) is 18.3 Å². The van der Waals surface area contributed by atoms with Crippen LogP contribution in [0.4, 0.5) is 5.13 Å². The lowest BCUT2D eigenvalue weighted by molar-refractivity contribution is -0.116. The van der Waals surface area contributed by atoms with E-state index in [0.29, 0.717) is 11.7 Å². The summed E-state index contributed by atoms with van der Waals surface area (Å²) in [6.45, 7) is 4.06. The molecule has 1 aromatic heterocycles. The van der Waals surface area contributed by atoms with Gasteiger partial charge >= 0.3 is 0 Å². The van der Waals surface area contributed by atoms with E-state index < -0.39 is 0 Å². The van der Waals surface area contributed by atoms with Gasteiger partial charge in [-0.1, -0.05) is 0 Å². The Bertz CT molecular complexity index is 640. The molecule has 2 aromatic rings.